The lowest BCUT2D eigenvalue weighted by molar-refractivity contribution is 0.178. The van der Waals surface area contributed by atoms with Gasteiger partial charge in [-0.05, 0) is 64.3 Å². The maximum atomic E-state index is 4.55. The van der Waals surface area contributed by atoms with Gasteiger partial charge in [-0.15, -0.1) is 0 Å². The minimum absolute atomic E-state index is 0.505. The summed E-state index contributed by atoms with van der Waals surface area (Å²) in [5.74, 6) is 0.691. The van der Waals surface area contributed by atoms with Crippen molar-refractivity contribution in [3.63, 3.8) is 0 Å². The number of nitrogens with one attached hydrogen (secondary N) is 1. The van der Waals surface area contributed by atoms with Crippen molar-refractivity contribution in [3.8, 4) is 0 Å². The van der Waals surface area contributed by atoms with Gasteiger partial charge in [0.05, 0.1) is 11.7 Å². The van der Waals surface area contributed by atoms with E-state index in [0.717, 1.165) is 26.1 Å². The highest BCUT2D eigenvalue weighted by Crippen LogP contribution is 2.33. The van der Waals surface area contributed by atoms with Crippen molar-refractivity contribution < 1.29 is 0 Å². The number of rotatable bonds is 7. The number of aromatic nitrogens is 2. The predicted octanol–water partition coefficient (Wildman–Crippen LogP) is 3.07. The van der Waals surface area contributed by atoms with E-state index in [1.807, 2.05) is 6.20 Å². The van der Waals surface area contributed by atoms with E-state index in [1.54, 1.807) is 0 Å². The highest BCUT2D eigenvalue weighted by atomic mass is 15.3. The molecule has 4 nitrogen and oxygen atoms in total. The van der Waals surface area contributed by atoms with Gasteiger partial charge >= 0.3 is 0 Å². The third kappa shape index (κ3) is 4.30. The molecule has 2 rings (SSSR count). The Morgan fingerprint density at radius 1 is 1.29 bits per heavy atom. The van der Waals surface area contributed by atoms with Crippen LogP contribution in [-0.2, 0) is 6.54 Å². The van der Waals surface area contributed by atoms with Crippen molar-refractivity contribution in [2.24, 2.45) is 5.92 Å². The molecule has 2 heterocycles. The van der Waals surface area contributed by atoms with E-state index < -0.39 is 0 Å². The molecule has 0 spiro atoms. The molecule has 0 radical (unpaired) electrons. The molecule has 1 N–H and O–H groups in total. The minimum Gasteiger partial charge on any atom is -0.316 e. The minimum atomic E-state index is 0.505. The summed E-state index contributed by atoms with van der Waals surface area (Å²) in [5.41, 5.74) is 1.41. The molecule has 0 aliphatic carbocycles. The van der Waals surface area contributed by atoms with Crippen molar-refractivity contribution in [2.75, 3.05) is 26.7 Å². The van der Waals surface area contributed by atoms with Crippen LogP contribution in [0.25, 0.3) is 0 Å². The van der Waals surface area contributed by atoms with E-state index >= 15 is 0 Å². The summed E-state index contributed by atoms with van der Waals surface area (Å²) in [6, 6.07) is 2.74. The summed E-state index contributed by atoms with van der Waals surface area (Å²) in [7, 11) is 2.28. The Morgan fingerprint density at radius 2 is 2.14 bits per heavy atom. The Kier molecular flexibility index (Phi) is 6.71. The largest absolute Gasteiger partial charge is 0.316 e. The molecule has 0 bridgehead atoms. The molecule has 0 amide bonds. The first-order valence-corrected chi connectivity index (χ1v) is 8.70. The first-order chi connectivity index (χ1) is 10.3. The van der Waals surface area contributed by atoms with Crippen LogP contribution in [0.4, 0.5) is 0 Å². The van der Waals surface area contributed by atoms with Gasteiger partial charge in [0.15, 0.2) is 0 Å². The SMILES string of the molecule is CCCNCC1CCCCN(C)C1c1ccnn1CCC. The fourth-order valence-corrected chi connectivity index (χ4v) is 3.56. The number of hydrogen-bond donors (Lipinski definition) is 1. The number of likely N-dealkylation sites (tertiary alicyclic amines) is 1. The topological polar surface area (TPSA) is 33.1 Å². The van der Waals surface area contributed by atoms with Gasteiger partial charge in [0, 0.05) is 12.7 Å². The smallest absolute Gasteiger partial charge is 0.0559 e. The lowest BCUT2D eigenvalue weighted by atomic mass is 9.92. The zero-order chi connectivity index (χ0) is 15.1. The molecule has 1 aliphatic rings. The maximum Gasteiger partial charge on any atom is 0.0559 e. The van der Waals surface area contributed by atoms with E-state index in [1.165, 1.54) is 37.9 Å². The summed E-state index contributed by atoms with van der Waals surface area (Å²) in [5, 5.41) is 8.19. The molecule has 0 saturated carbocycles. The lowest BCUT2D eigenvalue weighted by Gasteiger charge is -2.33. The van der Waals surface area contributed by atoms with Crippen molar-refractivity contribution in [1.29, 1.82) is 0 Å². The van der Waals surface area contributed by atoms with Crippen LogP contribution in [0.2, 0.25) is 0 Å². The van der Waals surface area contributed by atoms with E-state index in [0.29, 0.717) is 12.0 Å². The molecule has 0 aromatic carbocycles. The van der Waals surface area contributed by atoms with Crippen LogP contribution in [0.3, 0.4) is 0 Å². The molecule has 4 heteroatoms. The normalized spacial score (nSPS) is 24.1. The average molecular weight is 292 g/mol. The van der Waals surface area contributed by atoms with Gasteiger partial charge in [-0.25, -0.2) is 0 Å². The Balaban J connectivity index is 2.17. The third-order valence-electron chi connectivity index (χ3n) is 4.58. The van der Waals surface area contributed by atoms with Crippen LogP contribution in [0, 0.1) is 5.92 Å². The standard InChI is InChI=1S/C17H32N4/c1-4-10-18-14-15-8-6-7-13-20(3)17(15)16-9-11-19-21(16)12-5-2/h9,11,15,17-18H,4-8,10,12-14H2,1-3H3. The van der Waals surface area contributed by atoms with Gasteiger partial charge in [-0.2, -0.15) is 5.10 Å². The molecule has 120 valence electrons. The van der Waals surface area contributed by atoms with Crippen LogP contribution in [-0.4, -0.2) is 41.4 Å². The molecule has 2 atom stereocenters. The van der Waals surface area contributed by atoms with Crippen molar-refractivity contribution in [2.45, 2.75) is 58.5 Å². The first kappa shape index (κ1) is 16.5. The molecule has 2 unspecified atom stereocenters. The van der Waals surface area contributed by atoms with Crippen LogP contribution in [0.15, 0.2) is 12.3 Å². The fraction of sp³-hybridized carbons (Fsp3) is 0.824. The maximum absolute atomic E-state index is 4.55. The number of hydrogen-bond acceptors (Lipinski definition) is 3. The predicted molar refractivity (Wildman–Crippen MR) is 88.4 cm³/mol. The van der Waals surface area contributed by atoms with E-state index in [2.05, 4.69) is 47.0 Å². The second-order valence-electron chi connectivity index (χ2n) is 6.36. The second kappa shape index (κ2) is 8.54. The Morgan fingerprint density at radius 3 is 2.90 bits per heavy atom. The van der Waals surface area contributed by atoms with Crippen LogP contribution in [0.1, 0.15) is 57.7 Å². The molecule has 21 heavy (non-hydrogen) atoms. The van der Waals surface area contributed by atoms with Gasteiger partial charge in [0.25, 0.3) is 0 Å². The summed E-state index contributed by atoms with van der Waals surface area (Å²) < 4.78 is 2.22. The van der Waals surface area contributed by atoms with E-state index in [9.17, 15) is 0 Å². The van der Waals surface area contributed by atoms with Crippen molar-refractivity contribution >= 4 is 0 Å². The molecular weight excluding hydrogens is 260 g/mol. The molecule has 1 fully saturated rings. The highest BCUT2D eigenvalue weighted by Gasteiger charge is 2.30. The molecule has 1 aromatic heterocycles. The Bertz CT molecular complexity index is 401. The van der Waals surface area contributed by atoms with Crippen LogP contribution >= 0.6 is 0 Å². The zero-order valence-corrected chi connectivity index (χ0v) is 14.0. The Labute approximate surface area is 129 Å². The third-order valence-corrected chi connectivity index (χ3v) is 4.58. The van der Waals surface area contributed by atoms with E-state index in [4.69, 9.17) is 0 Å². The molecule has 1 aliphatic heterocycles. The average Bonchev–Trinajstić information content (AvgIpc) is 2.84. The first-order valence-electron chi connectivity index (χ1n) is 8.70. The van der Waals surface area contributed by atoms with Crippen LogP contribution in [0.5, 0.6) is 0 Å². The summed E-state index contributed by atoms with van der Waals surface area (Å²) in [6.45, 7) is 8.94. The number of nitrogens with zero attached hydrogens (tertiary/aromatic N) is 3. The monoisotopic (exact) mass is 292 g/mol. The van der Waals surface area contributed by atoms with Gasteiger partial charge < -0.3 is 5.32 Å². The van der Waals surface area contributed by atoms with Gasteiger partial charge in [0.2, 0.25) is 0 Å². The second-order valence-corrected chi connectivity index (χ2v) is 6.36. The van der Waals surface area contributed by atoms with Gasteiger partial charge in [-0.1, -0.05) is 20.3 Å². The molecule has 1 saturated heterocycles. The summed E-state index contributed by atoms with van der Waals surface area (Å²) in [4.78, 5) is 2.55. The van der Waals surface area contributed by atoms with Gasteiger partial charge in [-0.3, -0.25) is 9.58 Å². The van der Waals surface area contributed by atoms with Crippen molar-refractivity contribution in [3.05, 3.63) is 18.0 Å². The molecule has 1 aromatic rings. The lowest BCUT2D eigenvalue weighted by Crippen LogP contribution is -2.36. The highest BCUT2D eigenvalue weighted by molar-refractivity contribution is 5.10. The molecular formula is C17H32N4. The van der Waals surface area contributed by atoms with E-state index in [-0.39, 0.29) is 0 Å². The Hall–Kier alpha value is -0.870. The summed E-state index contributed by atoms with van der Waals surface area (Å²) in [6.07, 6.45) is 8.31. The fourth-order valence-electron chi connectivity index (χ4n) is 3.56. The van der Waals surface area contributed by atoms with Crippen LogP contribution < -0.4 is 5.32 Å². The zero-order valence-electron chi connectivity index (χ0n) is 14.0. The van der Waals surface area contributed by atoms with Crippen molar-refractivity contribution in [1.82, 2.24) is 20.0 Å². The quantitative estimate of drug-likeness (QED) is 0.784. The summed E-state index contributed by atoms with van der Waals surface area (Å²) >= 11 is 0. The number of aryl methyl sites for hydroxylation is 1. The van der Waals surface area contributed by atoms with Gasteiger partial charge in [0.1, 0.15) is 0 Å².